The van der Waals surface area contributed by atoms with Gasteiger partial charge in [0.1, 0.15) is 0 Å². The molecule has 0 aromatic heterocycles. The Bertz CT molecular complexity index is 527. The summed E-state index contributed by atoms with van der Waals surface area (Å²) in [6, 6.07) is 0. The van der Waals surface area contributed by atoms with Crippen LogP contribution in [0.4, 0.5) is 0 Å². The van der Waals surface area contributed by atoms with Crippen LogP contribution in [0.3, 0.4) is 0 Å². The van der Waals surface area contributed by atoms with Crippen LogP contribution in [0.2, 0.25) is 0 Å². The highest BCUT2D eigenvalue weighted by molar-refractivity contribution is 7.86. The van der Waals surface area contributed by atoms with Crippen molar-refractivity contribution in [3.8, 4) is 0 Å². The fourth-order valence-electron chi connectivity index (χ4n) is 1.69. The van der Waals surface area contributed by atoms with E-state index in [0.29, 0.717) is 66.1 Å². The zero-order chi connectivity index (χ0) is 22.6. The SMILES string of the molecule is CS(=O)(=O)OCCOCCOCCOCCOCCOCCOCCOS(C)(=O)=O. The van der Waals surface area contributed by atoms with Crippen molar-refractivity contribution in [3.05, 3.63) is 0 Å². The lowest BCUT2D eigenvalue weighted by atomic mass is 10.7. The summed E-state index contributed by atoms with van der Waals surface area (Å²) in [5.74, 6) is 0. The minimum atomic E-state index is -3.42. The largest absolute Gasteiger partial charge is 0.377 e. The summed E-state index contributed by atoms with van der Waals surface area (Å²) >= 11 is 0. The Morgan fingerprint density at radius 3 is 0.700 bits per heavy atom. The molecule has 0 unspecified atom stereocenters. The van der Waals surface area contributed by atoms with Crippen molar-refractivity contribution in [2.75, 3.05) is 105 Å². The minimum absolute atomic E-state index is 0.0104. The molecule has 0 aliphatic heterocycles. The Balaban J connectivity index is 3.10. The van der Waals surface area contributed by atoms with Crippen molar-refractivity contribution in [3.63, 3.8) is 0 Å². The lowest BCUT2D eigenvalue weighted by Crippen LogP contribution is -2.15. The molecule has 0 radical (unpaired) electrons. The molecule has 0 rings (SSSR count). The van der Waals surface area contributed by atoms with Gasteiger partial charge in [0.15, 0.2) is 0 Å². The molecule has 0 N–H and O–H groups in total. The second-order valence-corrected chi connectivity index (χ2v) is 9.01. The van der Waals surface area contributed by atoms with Gasteiger partial charge in [-0.15, -0.1) is 0 Å². The predicted molar refractivity (Wildman–Crippen MR) is 107 cm³/mol. The van der Waals surface area contributed by atoms with E-state index in [4.69, 9.17) is 28.4 Å². The Morgan fingerprint density at radius 2 is 0.533 bits per heavy atom. The molecule has 0 amide bonds. The van der Waals surface area contributed by atoms with Crippen molar-refractivity contribution < 1.29 is 53.6 Å². The normalized spacial score (nSPS) is 12.5. The highest BCUT2D eigenvalue weighted by atomic mass is 32.2. The molecule has 0 aromatic rings. The van der Waals surface area contributed by atoms with E-state index in [1.807, 2.05) is 0 Å². The van der Waals surface area contributed by atoms with Gasteiger partial charge in [0.05, 0.1) is 105 Å². The third-order valence-corrected chi connectivity index (χ3v) is 4.10. The second-order valence-electron chi connectivity index (χ2n) is 5.73. The van der Waals surface area contributed by atoms with E-state index < -0.39 is 20.2 Å². The maximum atomic E-state index is 10.7. The van der Waals surface area contributed by atoms with Crippen LogP contribution in [-0.2, 0) is 57.0 Å². The van der Waals surface area contributed by atoms with Gasteiger partial charge in [0, 0.05) is 0 Å². The molecular weight excluding hydrogens is 448 g/mol. The topological polar surface area (TPSA) is 142 Å². The average molecular weight is 483 g/mol. The van der Waals surface area contributed by atoms with E-state index >= 15 is 0 Å². The number of hydrogen-bond donors (Lipinski definition) is 0. The first-order valence-electron chi connectivity index (χ1n) is 9.36. The minimum Gasteiger partial charge on any atom is -0.377 e. The molecule has 0 aliphatic carbocycles. The van der Waals surface area contributed by atoms with Crippen molar-refractivity contribution in [1.29, 1.82) is 0 Å². The predicted octanol–water partition coefficient (Wildman–Crippen LogP) is -0.962. The summed E-state index contributed by atoms with van der Waals surface area (Å²) in [7, 11) is -6.84. The fourth-order valence-corrected chi connectivity index (χ4v) is 2.43. The molecule has 0 aliphatic rings. The Morgan fingerprint density at radius 1 is 0.367 bits per heavy atom. The molecule has 0 saturated carbocycles. The van der Waals surface area contributed by atoms with Gasteiger partial charge in [0.25, 0.3) is 20.2 Å². The van der Waals surface area contributed by atoms with Crippen LogP contribution in [0.15, 0.2) is 0 Å². The summed E-state index contributed by atoms with van der Waals surface area (Å²) in [4.78, 5) is 0. The monoisotopic (exact) mass is 482 g/mol. The van der Waals surface area contributed by atoms with Crippen LogP contribution < -0.4 is 0 Å². The molecule has 0 atom stereocenters. The molecule has 0 fully saturated rings. The summed E-state index contributed by atoms with van der Waals surface area (Å²) in [6.07, 6.45) is 1.97. The first-order chi connectivity index (χ1) is 14.2. The number of hydrogen-bond acceptors (Lipinski definition) is 12. The molecule has 12 nitrogen and oxygen atoms in total. The Hall–Kier alpha value is -0.420. The van der Waals surface area contributed by atoms with E-state index in [2.05, 4.69) is 8.37 Å². The van der Waals surface area contributed by atoms with Crippen LogP contribution in [0.1, 0.15) is 0 Å². The quantitative estimate of drug-likeness (QED) is 0.131. The van der Waals surface area contributed by atoms with E-state index in [-0.39, 0.29) is 26.4 Å². The third-order valence-electron chi connectivity index (χ3n) is 2.91. The second kappa shape index (κ2) is 19.3. The Labute approximate surface area is 179 Å². The maximum Gasteiger partial charge on any atom is 0.264 e. The summed E-state index contributed by atoms with van der Waals surface area (Å²) in [5, 5.41) is 0. The number of ether oxygens (including phenoxy) is 6. The molecule has 14 heteroatoms. The van der Waals surface area contributed by atoms with Crippen LogP contribution in [-0.4, -0.2) is 122 Å². The van der Waals surface area contributed by atoms with Gasteiger partial charge in [-0.25, -0.2) is 0 Å². The molecule has 0 saturated heterocycles. The van der Waals surface area contributed by atoms with E-state index in [1.165, 1.54) is 0 Å². The van der Waals surface area contributed by atoms with Crippen LogP contribution in [0.5, 0.6) is 0 Å². The smallest absolute Gasteiger partial charge is 0.264 e. The van der Waals surface area contributed by atoms with Crippen LogP contribution in [0.25, 0.3) is 0 Å². The van der Waals surface area contributed by atoms with Crippen molar-refractivity contribution in [2.45, 2.75) is 0 Å². The molecule has 182 valence electrons. The lowest BCUT2D eigenvalue weighted by Gasteiger charge is -2.08. The van der Waals surface area contributed by atoms with Gasteiger partial charge < -0.3 is 28.4 Å². The van der Waals surface area contributed by atoms with Crippen LogP contribution >= 0.6 is 0 Å². The molecule has 0 aromatic carbocycles. The standard InChI is InChI=1S/C16H34O12S2/c1-29(17,18)27-15-13-25-11-9-23-7-5-21-3-4-22-6-8-24-10-12-26-14-16-28-30(2,19)20/h3-16H2,1-2H3. The summed E-state index contributed by atoms with van der Waals surface area (Å²) in [6.45, 7) is 4.35. The summed E-state index contributed by atoms with van der Waals surface area (Å²) in [5.41, 5.74) is 0. The molecule has 0 bridgehead atoms. The van der Waals surface area contributed by atoms with Crippen molar-refractivity contribution >= 4 is 20.2 Å². The van der Waals surface area contributed by atoms with E-state index in [9.17, 15) is 16.8 Å². The van der Waals surface area contributed by atoms with Gasteiger partial charge in [-0.3, -0.25) is 8.37 Å². The first kappa shape index (κ1) is 29.6. The van der Waals surface area contributed by atoms with Gasteiger partial charge >= 0.3 is 0 Å². The molecule has 0 spiro atoms. The van der Waals surface area contributed by atoms with Gasteiger partial charge in [-0.1, -0.05) is 0 Å². The van der Waals surface area contributed by atoms with Crippen molar-refractivity contribution in [2.24, 2.45) is 0 Å². The van der Waals surface area contributed by atoms with Crippen LogP contribution in [0, 0.1) is 0 Å². The van der Waals surface area contributed by atoms with Gasteiger partial charge in [0.2, 0.25) is 0 Å². The lowest BCUT2D eigenvalue weighted by molar-refractivity contribution is -0.0186. The van der Waals surface area contributed by atoms with Gasteiger partial charge in [-0.05, 0) is 0 Å². The fraction of sp³-hybridized carbons (Fsp3) is 1.00. The summed E-state index contributed by atoms with van der Waals surface area (Å²) < 4.78 is 83.4. The average Bonchev–Trinajstić information content (AvgIpc) is 2.64. The zero-order valence-corrected chi connectivity index (χ0v) is 19.2. The Kier molecular flexibility index (Phi) is 19.0. The van der Waals surface area contributed by atoms with E-state index in [0.717, 1.165) is 12.5 Å². The zero-order valence-electron chi connectivity index (χ0n) is 17.6. The maximum absolute atomic E-state index is 10.7. The van der Waals surface area contributed by atoms with Gasteiger partial charge in [-0.2, -0.15) is 16.8 Å². The molecule has 30 heavy (non-hydrogen) atoms. The van der Waals surface area contributed by atoms with Crippen molar-refractivity contribution in [1.82, 2.24) is 0 Å². The molecular formula is C16H34O12S2. The highest BCUT2D eigenvalue weighted by Gasteiger charge is 2.01. The number of rotatable bonds is 23. The highest BCUT2D eigenvalue weighted by Crippen LogP contribution is 1.89. The van der Waals surface area contributed by atoms with E-state index in [1.54, 1.807) is 0 Å². The first-order valence-corrected chi connectivity index (χ1v) is 13.0. The molecule has 0 heterocycles. The third kappa shape index (κ3) is 27.6.